The van der Waals surface area contributed by atoms with E-state index in [0.717, 1.165) is 10.6 Å². The molecule has 0 radical (unpaired) electrons. The minimum Gasteiger partial charge on any atom is -0.484 e. The lowest BCUT2D eigenvalue weighted by molar-refractivity contribution is -0.170. The van der Waals surface area contributed by atoms with E-state index < -0.39 is 17.8 Å². The second-order valence-corrected chi connectivity index (χ2v) is 8.81. The third-order valence-electron chi connectivity index (χ3n) is 5.90. The molecule has 0 aliphatic rings. The molecular formula is C29H33N5O6. The summed E-state index contributed by atoms with van der Waals surface area (Å²) in [5.74, 6) is -0.986. The maximum absolute atomic E-state index is 13.3. The average molecular weight is 548 g/mol. The van der Waals surface area contributed by atoms with Crippen molar-refractivity contribution in [3.05, 3.63) is 84.4 Å². The molecule has 0 aromatic heterocycles. The highest BCUT2D eigenvalue weighted by atomic mass is 16.7. The third kappa shape index (κ3) is 8.57. The molecule has 11 heteroatoms. The second-order valence-electron chi connectivity index (χ2n) is 8.81. The zero-order valence-corrected chi connectivity index (χ0v) is 22.9. The number of hydrogen-bond donors (Lipinski definition) is 2. The molecular weight excluding hydrogens is 514 g/mol. The lowest BCUT2D eigenvalue weighted by atomic mass is 10.2. The third-order valence-corrected chi connectivity index (χ3v) is 5.90. The first-order valence-electron chi connectivity index (χ1n) is 12.4. The van der Waals surface area contributed by atoms with Gasteiger partial charge in [-0.3, -0.25) is 19.2 Å². The Labute approximate surface area is 233 Å². The van der Waals surface area contributed by atoms with Crippen molar-refractivity contribution in [2.75, 3.05) is 56.0 Å². The van der Waals surface area contributed by atoms with Gasteiger partial charge in [0, 0.05) is 37.2 Å². The smallest absolute Gasteiger partial charge is 0.319 e. The molecule has 0 saturated heterocycles. The fourth-order valence-electron chi connectivity index (χ4n) is 3.59. The number of para-hydroxylation sites is 1. The van der Waals surface area contributed by atoms with Crippen LogP contribution in [0, 0.1) is 6.92 Å². The Kier molecular flexibility index (Phi) is 10.6. The van der Waals surface area contributed by atoms with E-state index in [0.29, 0.717) is 22.8 Å². The zero-order valence-electron chi connectivity index (χ0n) is 22.9. The maximum Gasteiger partial charge on any atom is 0.319 e. The molecule has 3 aromatic carbocycles. The van der Waals surface area contributed by atoms with E-state index in [4.69, 9.17) is 9.57 Å². The van der Waals surface area contributed by atoms with E-state index in [1.54, 1.807) is 55.6 Å². The van der Waals surface area contributed by atoms with Crippen LogP contribution in [0.3, 0.4) is 0 Å². The Morgan fingerprint density at radius 2 is 1.50 bits per heavy atom. The number of amides is 5. The Hall–Kier alpha value is -4.90. The van der Waals surface area contributed by atoms with Crippen LogP contribution in [0.5, 0.6) is 5.75 Å². The van der Waals surface area contributed by atoms with Gasteiger partial charge in [0.25, 0.3) is 5.91 Å². The number of carbonyl (C=O) groups is 4. The summed E-state index contributed by atoms with van der Waals surface area (Å²) >= 11 is 0. The summed E-state index contributed by atoms with van der Waals surface area (Å²) < 4.78 is 5.57. The van der Waals surface area contributed by atoms with E-state index in [2.05, 4.69) is 10.6 Å². The molecule has 0 saturated carbocycles. The standard InChI is InChI=1S/C29H33N5O6/c1-21-10-8-11-22(16-21)31-29(38)30-18-26(35)34(19-27(36)32(2)23-12-6-5-7-13-23)24-14-9-15-25(17-24)40-20-28(37)33(3)39-4/h5-17H,18-20H2,1-4H3,(H2,30,31,38). The number of carbonyl (C=O) groups excluding carboxylic acids is 4. The minimum absolute atomic E-state index is 0.294. The minimum atomic E-state index is -0.565. The quantitative estimate of drug-likeness (QED) is 0.356. The van der Waals surface area contributed by atoms with Crippen LogP contribution in [-0.2, 0) is 19.2 Å². The van der Waals surface area contributed by atoms with E-state index in [1.165, 1.54) is 24.0 Å². The van der Waals surface area contributed by atoms with Gasteiger partial charge in [0.15, 0.2) is 6.61 Å². The first kappa shape index (κ1) is 29.7. The largest absolute Gasteiger partial charge is 0.484 e. The number of likely N-dealkylation sites (N-methyl/N-ethyl adjacent to an activating group) is 2. The fraction of sp³-hybridized carbons (Fsp3) is 0.241. The summed E-state index contributed by atoms with van der Waals surface area (Å²) in [5.41, 5.74) is 2.57. The Morgan fingerprint density at radius 1 is 0.800 bits per heavy atom. The van der Waals surface area contributed by atoms with Gasteiger partial charge < -0.3 is 25.2 Å². The van der Waals surface area contributed by atoms with Crippen LogP contribution in [0.25, 0.3) is 0 Å². The number of hydrogen-bond acceptors (Lipinski definition) is 6. The van der Waals surface area contributed by atoms with Gasteiger partial charge in [-0.05, 0) is 48.9 Å². The van der Waals surface area contributed by atoms with E-state index >= 15 is 0 Å². The van der Waals surface area contributed by atoms with Crippen molar-refractivity contribution >= 4 is 40.8 Å². The van der Waals surface area contributed by atoms with Crippen molar-refractivity contribution < 1.29 is 28.8 Å². The Bertz CT molecular complexity index is 1330. The van der Waals surface area contributed by atoms with Crippen molar-refractivity contribution in [3.63, 3.8) is 0 Å². The first-order chi connectivity index (χ1) is 19.2. The van der Waals surface area contributed by atoms with Crippen LogP contribution in [-0.4, -0.2) is 69.7 Å². The van der Waals surface area contributed by atoms with Crippen molar-refractivity contribution in [1.82, 2.24) is 10.4 Å². The molecule has 0 bridgehead atoms. The summed E-state index contributed by atoms with van der Waals surface area (Å²) in [6, 6.07) is 22.1. The number of ether oxygens (including phenoxy) is 1. The number of benzene rings is 3. The lowest BCUT2D eigenvalue weighted by Gasteiger charge is -2.26. The molecule has 210 valence electrons. The number of urea groups is 1. The highest BCUT2D eigenvalue weighted by molar-refractivity contribution is 6.05. The normalized spacial score (nSPS) is 10.3. The average Bonchev–Trinajstić information content (AvgIpc) is 2.97. The number of aryl methyl sites for hydroxylation is 1. The molecule has 0 spiro atoms. The number of rotatable bonds is 11. The second kappa shape index (κ2) is 14.3. The zero-order chi connectivity index (χ0) is 29.1. The summed E-state index contributed by atoms with van der Waals surface area (Å²) in [4.78, 5) is 58.6. The Morgan fingerprint density at radius 3 is 2.20 bits per heavy atom. The van der Waals surface area contributed by atoms with Crippen LogP contribution in [0.2, 0.25) is 0 Å². The molecule has 0 aliphatic carbocycles. The van der Waals surface area contributed by atoms with Crippen LogP contribution in [0.1, 0.15) is 5.56 Å². The van der Waals surface area contributed by atoms with Gasteiger partial charge >= 0.3 is 6.03 Å². The van der Waals surface area contributed by atoms with Crippen molar-refractivity contribution in [1.29, 1.82) is 0 Å². The summed E-state index contributed by atoms with van der Waals surface area (Å²) in [7, 11) is 4.44. The number of hydroxylamine groups is 2. The molecule has 2 N–H and O–H groups in total. The molecule has 0 atom stereocenters. The van der Waals surface area contributed by atoms with Gasteiger partial charge in [0.1, 0.15) is 12.3 Å². The summed E-state index contributed by atoms with van der Waals surface area (Å²) in [6.45, 7) is 0.929. The SMILES string of the molecule is CON(C)C(=O)COc1cccc(N(CC(=O)N(C)c2ccccc2)C(=O)CNC(=O)Nc2cccc(C)c2)c1. The topological polar surface area (TPSA) is 121 Å². The van der Waals surface area contributed by atoms with Gasteiger partial charge in [-0.1, -0.05) is 36.4 Å². The van der Waals surface area contributed by atoms with Gasteiger partial charge in [-0.25, -0.2) is 9.86 Å². The highest BCUT2D eigenvalue weighted by Gasteiger charge is 2.23. The predicted octanol–water partition coefficient (Wildman–Crippen LogP) is 3.21. The fourth-order valence-corrected chi connectivity index (χ4v) is 3.59. The van der Waals surface area contributed by atoms with Gasteiger partial charge in [0.2, 0.25) is 11.8 Å². The summed E-state index contributed by atoms with van der Waals surface area (Å²) in [5, 5.41) is 6.27. The molecule has 0 aliphatic heterocycles. The Balaban J connectivity index is 1.76. The predicted molar refractivity (Wildman–Crippen MR) is 152 cm³/mol. The van der Waals surface area contributed by atoms with Crippen LogP contribution in [0.4, 0.5) is 21.9 Å². The van der Waals surface area contributed by atoms with Crippen LogP contribution in [0.15, 0.2) is 78.9 Å². The van der Waals surface area contributed by atoms with Gasteiger partial charge in [-0.2, -0.15) is 0 Å². The molecule has 3 aromatic rings. The van der Waals surface area contributed by atoms with Crippen molar-refractivity contribution in [3.8, 4) is 5.75 Å². The highest BCUT2D eigenvalue weighted by Crippen LogP contribution is 2.22. The molecule has 3 rings (SSSR count). The maximum atomic E-state index is 13.3. The van der Waals surface area contributed by atoms with E-state index in [1.807, 2.05) is 37.3 Å². The van der Waals surface area contributed by atoms with Gasteiger partial charge in [0.05, 0.1) is 13.7 Å². The lowest BCUT2D eigenvalue weighted by Crippen LogP contribution is -2.46. The molecule has 0 heterocycles. The molecule has 5 amide bonds. The monoisotopic (exact) mass is 547 g/mol. The van der Waals surface area contributed by atoms with Crippen molar-refractivity contribution in [2.24, 2.45) is 0 Å². The van der Waals surface area contributed by atoms with Gasteiger partial charge in [-0.15, -0.1) is 0 Å². The molecule has 40 heavy (non-hydrogen) atoms. The number of anilines is 3. The van der Waals surface area contributed by atoms with E-state index in [9.17, 15) is 19.2 Å². The van der Waals surface area contributed by atoms with Crippen LogP contribution < -0.4 is 25.2 Å². The molecule has 11 nitrogen and oxygen atoms in total. The van der Waals surface area contributed by atoms with Crippen LogP contribution >= 0.6 is 0 Å². The van der Waals surface area contributed by atoms with E-state index in [-0.39, 0.29) is 25.6 Å². The molecule has 0 unspecified atom stereocenters. The van der Waals surface area contributed by atoms with Crippen molar-refractivity contribution in [2.45, 2.75) is 6.92 Å². The first-order valence-corrected chi connectivity index (χ1v) is 12.4. The number of nitrogens with zero attached hydrogens (tertiary/aromatic N) is 3. The molecule has 0 fully saturated rings. The number of nitrogens with one attached hydrogen (secondary N) is 2. The summed E-state index contributed by atoms with van der Waals surface area (Å²) in [6.07, 6.45) is 0.